The topological polar surface area (TPSA) is 72.9 Å². The first-order valence-corrected chi connectivity index (χ1v) is 7.16. The number of hydrogen-bond donors (Lipinski definition) is 0. The minimum Gasteiger partial charge on any atom is -0.496 e. The number of ether oxygens (including phenoxy) is 2. The zero-order chi connectivity index (χ0) is 15.4. The van der Waals surface area contributed by atoms with Gasteiger partial charge in [-0.1, -0.05) is 0 Å². The number of rotatable bonds is 4. The molecule has 21 heavy (non-hydrogen) atoms. The Labute approximate surface area is 130 Å². The van der Waals surface area contributed by atoms with Crippen molar-refractivity contribution in [2.75, 3.05) is 20.3 Å². The molecule has 0 radical (unpaired) electrons. The van der Waals surface area contributed by atoms with Crippen LogP contribution >= 0.6 is 15.9 Å². The Morgan fingerprint density at radius 1 is 1.38 bits per heavy atom. The van der Waals surface area contributed by atoms with Gasteiger partial charge < -0.3 is 9.47 Å². The van der Waals surface area contributed by atoms with E-state index in [1.807, 2.05) is 0 Å². The fourth-order valence-corrected chi connectivity index (χ4v) is 2.53. The highest BCUT2D eigenvalue weighted by molar-refractivity contribution is 9.10. The number of benzene rings is 1. The smallest absolute Gasteiger partial charge is 0.338 e. The van der Waals surface area contributed by atoms with Gasteiger partial charge in [-0.05, 0) is 40.5 Å². The zero-order valence-electron chi connectivity index (χ0n) is 11.4. The molecule has 0 aromatic heterocycles. The maximum Gasteiger partial charge on any atom is 0.338 e. The van der Waals surface area contributed by atoms with E-state index in [0.29, 0.717) is 35.2 Å². The molecule has 1 aliphatic rings. The third-order valence-corrected chi connectivity index (χ3v) is 3.71. The molecule has 0 atom stereocenters. The van der Waals surface area contributed by atoms with E-state index in [4.69, 9.17) is 9.47 Å². The third kappa shape index (κ3) is 3.60. The number of nitrogens with zero attached hydrogens (tertiary/aromatic N) is 1. The molecule has 1 fully saturated rings. The van der Waals surface area contributed by atoms with E-state index in [1.165, 1.54) is 13.2 Å². The van der Waals surface area contributed by atoms with Gasteiger partial charge in [0.1, 0.15) is 5.75 Å². The first-order chi connectivity index (χ1) is 10.0. The number of imide groups is 1. The number of likely N-dealkylation sites (tertiary alicyclic amines) is 1. The Bertz CT molecular complexity index is 587. The number of carbonyl (C=O) groups is 3. The van der Waals surface area contributed by atoms with Gasteiger partial charge in [0.05, 0.1) is 17.1 Å². The second kappa shape index (κ2) is 6.71. The van der Waals surface area contributed by atoms with Gasteiger partial charge in [-0.15, -0.1) is 0 Å². The molecule has 0 N–H and O–H groups in total. The van der Waals surface area contributed by atoms with Crippen LogP contribution in [-0.4, -0.2) is 42.9 Å². The zero-order valence-corrected chi connectivity index (χ0v) is 13.0. The van der Waals surface area contributed by atoms with E-state index in [0.717, 1.165) is 4.90 Å². The lowest BCUT2D eigenvalue weighted by atomic mass is 10.2. The van der Waals surface area contributed by atoms with Crippen molar-refractivity contribution in [1.82, 2.24) is 4.90 Å². The maximum atomic E-state index is 11.9. The van der Waals surface area contributed by atoms with Crippen LogP contribution < -0.4 is 4.74 Å². The van der Waals surface area contributed by atoms with Crippen LogP contribution in [0.4, 0.5) is 0 Å². The summed E-state index contributed by atoms with van der Waals surface area (Å²) in [6.45, 7) is -0.0441. The summed E-state index contributed by atoms with van der Waals surface area (Å²) < 4.78 is 10.6. The molecule has 0 aliphatic carbocycles. The normalized spacial score (nSPS) is 14.2. The standard InChI is InChI=1S/C14H14BrNO5/c1-20-11-5-4-9(7-10(11)15)14(19)21-8-13(18)16-6-2-3-12(16)17/h4-5,7H,2-3,6,8H2,1H3. The summed E-state index contributed by atoms with van der Waals surface area (Å²) in [6.07, 6.45) is 1.02. The van der Waals surface area contributed by atoms with Gasteiger partial charge in [0.2, 0.25) is 5.91 Å². The molecular formula is C14H14BrNO5. The number of esters is 1. The van der Waals surface area contributed by atoms with Crippen LogP contribution in [0.25, 0.3) is 0 Å². The van der Waals surface area contributed by atoms with Gasteiger partial charge in [-0.2, -0.15) is 0 Å². The molecule has 0 spiro atoms. The van der Waals surface area contributed by atoms with Gasteiger partial charge in [-0.25, -0.2) is 4.79 Å². The maximum absolute atomic E-state index is 11.9. The summed E-state index contributed by atoms with van der Waals surface area (Å²) in [5, 5.41) is 0. The number of hydrogen-bond acceptors (Lipinski definition) is 5. The molecule has 0 unspecified atom stereocenters. The highest BCUT2D eigenvalue weighted by Gasteiger charge is 2.27. The van der Waals surface area contributed by atoms with Crippen LogP contribution in [0.2, 0.25) is 0 Å². The van der Waals surface area contributed by atoms with E-state index in [1.54, 1.807) is 12.1 Å². The predicted octanol–water partition coefficient (Wildman–Crippen LogP) is 1.76. The van der Waals surface area contributed by atoms with Gasteiger partial charge in [0.25, 0.3) is 5.91 Å². The first-order valence-electron chi connectivity index (χ1n) is 6.37. The van der Waals surface area contributed by atoms with Crippen LogP contribution in [-0.2, 0) is 14.3 Å². The summed E-state index contributed by atoms with van der Waals surface area (Å²) in [5.41, 5.74) is 0.295. The molecule has 1 aromatic carbocycles. The van der Waals surface area contributed by atoms with Gasteiger partial charge in [-0.3, -0.25) is 14.5 Å². The second-order valence-electron chi connectivity index (χ2n) is 4.47. The average molecular weight is 356 g/mol. The average Bonchev–Trinajstić information content (AvgIpc) is 2.90. The molecule has 112 valence electrons. The van der Waals surface area contributed by atoms with Crippen molar-refractivity contribution in [3.63, 3.8) is 0 Å². The number of halogens is 1. The Kier molecular flexibility index (Phi) is 4.95. The third-order valence-electron chi connectivity index (χ3n) is 3.09. The number of amides is 2. The molecular weight excluding hydrogens is 342 g/mol. The lowest BCUT2D eigenvalue weighted by Gasteiger charge is -2.13. The molecule has 1 heterocycles. The lowest BCUT2D eigenvalue weighted by Crippen LogP contribution is -2.35. The summed E-state index contributed by atoms with van der Waals surface area (Å²) in [5.74, 6) is -0.745. The fourth-order valence-electron chi connectivity index (χ4n) is 1.99. The van der Waals surface area contributed by atoms with Crippen molar-refractivity contribution in [3.05, 3.63) is 28.2 Å². The van der Waals surface area contributed by atoms with E-state index in [2.05, 4.69) is 15.9 Å². The van der Waals surface area contributed by atoms with Crippen molar-refractivity contribution in [2.24, 2.45) is 0 Å². The van der Waals surface area contributed by atoms with E-state index >= 15 is 0 Å². The van der Waals surface area contributed by atoms with Crippen LogP contribution in [0.5, 0.6) is 5.75 Å². The molecule has 1 aromatic rings. The summed E-state index contributed by atoms with van der Waals surface area (Å²) >= 11 is 3.26. The minimum atomic E-state index is -0.627. The Morgan fingerprint density at radius 3 is 2.71 bits per heavy atom. The van der Waals surface area contributed by atoms with E-state index in [9.17, 15) is 14.4 Å². The van der Waals surface area contributed by atoms with Crippen molar-refractivity contribution < 1.29 is 23.9 Å². The molecule has 0 saturated carbocycles. The van der Waals surface area contributed by atoms with Crippen molar-refractivity contribution >= 4 is 33.7 Å². The number of methoxy groups -OCH3 is 1. The minimum absolute atomic E-state index is 0.219. The molecule has 2 amide bonds. The SMILES string of the molecule is COc1ccc(C(=O)OCC(=O)N2CCCC2=O)cc1Br. The van der Waals surface area contributed by atoms with Crippen LogP contribution in [0.1, 0.15) is 23.2 Å². The summed E-state index contributed by atoms with van der Waals surface area (Å²) in [7, 11) is 1.52. The van der Waals surface area contributed by atoms with Gasteiger partial charge in [0.15, 0.2) is 6.61 Å². The van der Waals surface area contributed by atoms with E-state index in [-0.39, 0.29) is 5.91 Å². The predicted molar refractivity (Wildman–Crippen MR) is 76.9 cm³/mol. The molecule has 1 saturated heterocycles. The molecule has 6 nitrogen and oxygen atoms in total. The molecule has 1 aliphatic heterocycles. The van der Waals surface area contributed by atoms with Crippen LogP contribution in [0.15, 0.2) is 22.7 Å². The molecule has 7 heteroatoms. The monoisotopic (exact) mass is 355 g/mol. The van der Waals surface area contributed by atoms with Crippen molar-refractivity contribution in [2.45, 2.75) is 12.8 Å². The van der Waals surface area contributed by atoms with Gasteiger partial charge in [0, 0.05) is 13.0 Å². The summed E-state index contributed by atoms with van der Waals surface area (Å²) in [4.78, 5) is 36.1. The second-order valence-corrected chi connectivity index (χ2v) is 5.32. The lowest BCUT2D eigenvalue weighted by molar-refractivity contribution is -0.143. The Balaban J connectivity index is 1.94. The largest absolute Gasteiger partial charge is 0.496 e. The van der Waals surface area contributed by atoms with Crippen LogP contribution in [0, 0.1) is 0 Å². The molecule has 2 rings (SSSR count). The quantitative estimate of drug-likeness (QED) is 0.769. The Hall–Kier alpha value is -1.89. The van der Waals surface area contributed by atoms with Crippen LogP contribution in [0.3, 0.4) is 0 Å². The molecule has 0 bridgehead atoms. The van der Waals surface area contributed by atoms with Gasteiger partial charge >= 0.3 is 5.97 Å². The Morgan fingerprint density at radius 2 is 2.14 bits per heavy atom. The number of carbonyl (C=O) groups excluding carboxylic acids is 3. The highest BCUT2D eigenvalue weighted by Crippen LogP contribution is 2.25. The highest BCUT2D eigenvalue weighted by atomic mass is 79.9. The summed E-state index contributed by atoms with van der Waals surface area (Å²) in [6, 6.07) is 4.70. The van der Waals surface area contributed by atoms with Crippen molar-refractivity contribution in [1.29, 1.82) is 0 Å². The van der Waals surface area contributed by atoms with E-state index < -0.39 is 18.5 Å². The van der Waals surface area contributed by atoms with Crippen molar-refractivity contribution in [3.8, 4) is 5.75 Å². The fraction of sp³-hybridized carbons (Fsp3) is 0.357. The first kappa shape index (κ1) is 15.5.